The minimum absolute atomic E-state index is 0.0555. The molecule has 5 nitrogen and oxygen atoms in total. The first-order valence-electron chi connectivity index (χ1n) is 7.63. The maximum atomic E-state index is 12.7. The summed E-state index contributed by atoms with van der Waals surface area (Å²) in [6.07, 6.45) is 5.32. The van der Waals surface area contributed by atoms with Crippen molar-refractivity contribution in [2.24, 2.45) is 0 Å². The molecule has 0 radical (unpaired) electrons. The highest BCUT2D eigenvalue weighted by Crippen LogP contribution is 2.34. The van der Waals surface area contributed by atoms with E-state index in [4.69, 9.17) is 10.5 Å². The Balaban J connectivity index is 2.25. The van der Waals surface area contributed by atoms with E-state index in [2.05, 4.69) is 4.74 Å². The summed E-state index contributed by atoms with van der Waals surface area (Å²) < 4.78 is 34.2. The molecular formula is C16H22F2N2O3. The molecule has 0 bridgehead atoms. The third-order valence-corrected chi connectivity index (χ3v) is 4.23. The Morgan fingerprint density at radius 1 is 1.26 bits per heavy atom. The number of carbonyl (C=O) groups is 1. The molecule has 0 heterocycles. The molecule has 0 atom stereocenters. The SMILES string of the molecule is COc1cc(C(=O)N(C)C2CCCCC2)c(N)cc1OC(F)F. The quantitative estimate of drug-likeness (QED) is 0.843. The minimum atomic E-state index is -2.99. The molecule has 1 aliphatic rings. The van der Waals surface area contributed by atoms with Crippen LogP contribution in [0.2, 0.25) is 0 Å². The van der Waals surface area contributed by atoms with Crippen LogP contribution in [0.25, 0.3) is 0 Å². The Morgan fingerprint density at radius 2 is 1.91 bits per heavy atom. The highest BCUT2D eigenvalue weighted by atomic mass is 19.3. The van der Waals surface area contributed by atoms with Crippen molar-refractivity contribution in [3.05, 3.63) is 17.7 Å². The van der Waals surface area contributed by atoms with Crippen molar-refractivity contribution in [2.75, 3.05) is 19.9 Å². The van der Waals surface area contributed by atoms with E-state index in [1.807, 2.05) is 0 Å². The van der Waals surface area contributed by atoms with Crippen LogP contribution in [0.5, 0.6) is 11.5 Å². The molecule has 1 aliphatic carbocycles. The molecule has 1 aromatic rings. The fraction of sp³-hybridized carbons (Fsp3) is 0.562. The van der Waals surface area contributed by atoms with Gasteiger partial charge in [0.25, 0.3) is 5.91 Å². The van der Waals surface area contributed by atoms with Crippen LogP contribution in [0.15, 0.2) is 12.1 Å². The summed E-state index contributed by atoms with van der Waals surface area (Å²) >= 11 is 0. The number of ether oxygens (including phenoxy) is 2. The molecular weight excluding hydrogens is 306 g/mol. The number of hydrogen-bond donors (Lipinski definition) is 1. The summed E-state index contributed by atoms with van der Waals surface area (Å²) in [5.74, 6) is -0.368. The molecule has 2 N–H and O–H groups in total. The third kappa shape index (κ3) is 4.03. The minimum Gasteiger partial charge on any atom is -0.493 e. The van der Waals surface area contributed by atoms with Gasteiger partial charge < -0.3 is 20.1 Å². The number of benzene rings is 1. The molecule has 7 heteroatoms. The number of carbonyl (C=O) groups excluding carboxylic acids is 1. The molecule has 128 valence electrons. The van der Waals surface area contributed by atoms with E-state index in [9.17, 15) is 13.6 Å². The number of rotatable bonds is 5. The Labute approximate surface area is 134 Å². The van der Waals surface area contributed by atoms with Crippen molar-refractivity contribution >= 4 is 11.6 Å². The summed E-state index contributed by atoms with van der Waals surface area (Å²) in [5, 5.41) is 0. The van der Waals surface area contributed by atoms with E-state index >= 15 is 0 Å². The van der Waals surface area contributed by atoms with E-state index in [0.717, 1.165) is 25.7 Å². The zero-order valence-corrected chi connectivity index (χ0v) is 13.4. The van der Waals surface area contributed by atoms with Gasteiger partial charge >= 0.3 is 6.61 Å². The number of amides is 1. The van der Waals surface area contributed by atoms with Gasteiger partial charge in [0.15, 0.2) is 11.5 Å². The Hall–Kier alpha value is -2.05. The van der Waals surface area contributed by atoms with Crippen molar-refractivity contribution in [2.45, 2.75) is 44.8 Å². The summed E-state index contributed by atoms with van der Waals surface area (Å²) in [7, 11) is 3.07. The fourth-order valence-corrected chi connectivity index (χ4v) is 2.93. The number of nitrogens with zero attached hydrogens (tertiary/aromatic N) is 1. The maximum Gasteiger partial charge on any atom is 0.387 e. The van der Waals surface area contributed by atoms with Gasteiger partial charge in [-0.1, -0.05) is 19.3 Å². The number of anilines is 1. The van der Waals surface area contributed by atoms with Crippen molar-refractivity contribution in [3.63, 3.8) is 0 Å². The van der Waals surface area contributed by atoms with Gasteiger partial charge in [-0.05, 0) is 18.9 Å². The molecule has 2 rings (SSSR count). The van der Waals surface area contributed by atoms with Gasteiger partial charge in [-0.2, -0.15) is 8.78 Å². The Kier molecular flexibility index (Phi) is 5.63. The van der Waals surface area contributed by atoms with Crippen molar-refractivity contribution in [1.82, 2.24) is 4.90 Å². The molecule has 0 aromatic heterocycles. The number of methoxy groups -OCH3 is 1. The number of alkyl halides is 2. The van der Waals surface area contributed by atoms with Gasteiger partial charge in [0.05, 0.1) is 12.7 Å². The molecule has 0 spiro atoms. The molecule has 23 heavy (non-hydrogen) atoms. The van der Waals surface area contributed by atoms with Gasteiger partial charge in [0, 0.05) is 24.8 Å². The van der Waals surface area contributed by atoms with Crippen LogP contribution < -0.4 is 15.2 Å². The van der Waals surface area contributed by atoms with Crippen LogP contribution in [-0.4, -0.2) is 37.6 Å². The summed E-state index contributed by atoms with van der Waals surface area (Å²) in [4.78, 5) is 14.3. The van der Waals surface area contributed by atoms with Crippen LogP contribution in [0.1, 0.15) is 42.5 Å². The summed E-state index contributed by atoms with van der Waals surface area (Å²) in [6.45, 7) is -2.99. The second-order valence-corrected chi connectivity index (χ2v) is 5.68. The van der Waals surface area contributed by atoms with Crippen LogP contribution in [0.3, 0.4) is 0 Å². The van der Waals surface area contributed by atoms with Gasteiger partial charge in [0.1, 0.15) is 0 Å². The van der Waals surface area contributed by atoms with E-state index in [1.54, 1.807) is 11.9 Å². The molecule has 1 amide bonds. The first-order valence-corrected chi connectivity index (χ1v) is 7.63. The first kappa shape index (κ1) is 17.3. The third-order valence-electron chi connectivity index (χ3n) is 4.23. The predicted octanol–water partition coefficient (Wildman–Crippen LogP) is 3.28. The van der Waals surface area contributed by atoms with Gasteiger partial charge in [-0.15, -0.1) is 0 Å². The topological polar surface area (TPSA) is 64.8 Å². The predicted molar refractivity (Wildman–Crippen MR) is 83.0 cm³/mol. The lowest BCUT2D eigenvalue weighted by Crippen LogP contribution is -2.38. The first-order chi connectivity index (χ1) is 10.9. The smallest absolute Gasteiger partial charge is 0.387 e. The highest BCUT2D eigenvalue weighted by Gasteiger charge is 2.25. The Bertz CT molecular complexity index is 561. The van der Waals surface area contributed by atoms with E-state index in [0.29, 0.717) is 0 Å². The van der Waals surface area contributed by atoms with Crippen LogP contribution in [-0.2, 0) is 0 Å². The molecule has 0 saturated heterocycles. The molecule has 1 saturated carbocycles. The number of hydrogen-bond acceptors (Lipinski definition) is 4. The van der Waals surface area contributed by atoms with Crippen LogP contribution >= 0.6 is 0 Å². The number of nitrogens with two attached hydrogens (primary N) is 1. The van der Waals surface area contributed by atoms with Gasteiger partial charge in [-0.25, -0.2) is 0 Å². The van der Waals surface area contributed by atoms with Gasteiger partial charge in [-0.3, -0.25) is 4.79 Å². The van der Waals surface area contributed by atoms with Gasteiger partial charge in [0.2, 0.25) is 0 Å². The van der Waals surface area contributed by atoms with Crippen LogP contribution in [0, 0.1) is 0 Å². The standard InChI is InChI=1S/C16H22F2N2O3/c1-20(10-6-4-3-5-7-10)15(21)11-8-13(22-2)14(9-12(11)19)23-16(17)18/h8-10,16H,3-7,19H2,1-2H3. The zero-order valence-electron chi connectivity index (χ0n) is 13.4. The lowest BCUT2D eigenvalue weighted by molar-refractivity contribution is -0.0511. The highest BCUT2D eigenvalue weighted by molar-refractivity contribution is 6.00. The monoisotopic (exact) mass is 328 g/mol. The van der Waals surface area contributed by atoms with Crippen molar-refractivity contribution in [1.29, 1.82) is 0 Å². The summed E-state index contributed by atoms with van der Waals surface area (Å²) in [6, 6.07) is 2.74. The van der Waals surface area contributed by atoms with E-state index in [-0.39, 0.29) is 34.7 Å². The lowest BCUT2D eigenvalue weighted by Gasteiger charge is -2.31. The maximum absolute atomic E-state index is 12.7. The lowest BCUT2D eigenvalue weighted by atomic mass is 9.94. The van der Waals surface area contributed by atoms with E-state index in [1.165, 1.54) is 25.7 Å². The average Bonchev–Trinajstić information content (AvgIpc) is 2.54. The average molecular weight is 328 g/mol. The largest absolute Gasteiger partial charge is 0.493 e. The van der Waals surface area contributed by atoms with E-state index < -0.39 is 6.61 Å². The number of nitrogen functional groups attached to an aromatic ring is 1. The molecule has 0 unspecified atom stereocenters. The fourth-order valence-electron chi connectivity index (χ4n) is 2.93. The molecule has 1 fully saturated rings. The number of halogens is 2. The normalized spacial score (nSPS) is 15.5. The molecule has 0 aliphatic heterocycles. The second-order valence-electron chi connectivity index (χ2n) is 5.68. The van der Waals surface area contributed by atoms with Crippen LogP contribution in [0.4, 0.5) is 14.5 Å². The zero-order chi connectivity index (χ0) is 17.0. The molecule has 1 aromatic carbocycles. The second kappa shape index (κ2) is 7.48. The van der Waals surface area contributed by atoms with Crippen molar-refractivity contribution in [3.8, 4) is 11.5 Å². The Morgan fingerprint density at radius 3 is 2.48 bits per heavy atom. The summed E-state index contributed by atoms with van der Waals surface area (Å²) in [5.41, 5.74) is 6.19. The van der Waals surface area contributed by atoms with Crippen molar-refractivity contribution < 1.29 is 23.0 Å².